The maximum atomic E-state index is 11.1. The summed E-state index contributed by atoms with van der Waals surface area (Å²) in [5, 5.41) is 11.2. The summed E-state index contributed by atoms with van der Waals surface area (Å²) in [6.45, 7) is 3.34. The van der Waals surface area contributed by atoms with Crippen molar-refractivity contribution in [3.63, 3.8) is 0 Å². The number of aromatic carboxylic acids is 1. The Balaban J connectivity index is 1.85. The van der Waals surface area contributed by atoms with Crippen LogP contribution in [0.2, 0.25) is 0 Å². The highest BCUT2D eigenvalue weighted by Gasteiger charge is 2.30. The first-order valence-electron chi connectivity index (χ1n) is 7.72. The molecule has 1 aliphatic carbocycles. The van der Waals surface area contributed by atoms with Gasteiger partial charge in [0.05, 0.1) is 13.2 Å². The highest BCUT2D eigenvalue weighted by Crippen LogP contribution is 2.47. The Morgan fingerprint density at radius 3 is 2.73 bits per heavy atom. The van der Waals surface area contributed by atoms with Crippen LogP contribution >= 0.6 is 0 Å². The predicted octanol–water partition coefficient (Wildman–Crippen LogP) is 2.65. The fourth-order valence-electron chi connectivity index (χ4n) is 3.23. The molecule has 2 aliphatic rings. The van der Waals surface area contributed by atoms with Gasteiger partial charge in [-0.25, -0.2) is 9.78 Å². The van der Waals surface area contributed by atoms with Crippen LogP contribution in [-0.2, 0) is 4.74 Å². The third kappa shape index (κ3) is 2.31. The Morgan fingerprint density at radius 2 is 2.05 bits per heavy atom. The summed E-state index contributed by atoms with van der Waals surface area (Å²) in [4.78, 5) is 17.6. The lowest BCUT2D eigenvalue weighted by atomic mass is 9.99. The van der Waals surface area contributed by atoms with Gasteiger partial charge in [0.15, 0.2) is 0 Å². The number of ether oxygens (including phenoxy) is 1. The number of aromatic nitrogens is 1. The number of nitrogens with zero attached hydrogens (tertiary/aromatic N) is 2. The Hall–Kier alpha value is -2.14. The molecule has 1 aromatic carbocycles. The molecule has 4 rings (SSSR count). The van der Waals surface area contributed by atoms with Gasteiger partial charge in [-0.3, -0.25) is 0 Å². The molecule has 2 fully saturated rings. The van der Waals surface area contributed by atoms with Crippen LogP contribution in [0.3, 0.4) is 0 Å². The maximum absolute atomic E-state index is 11.1. The lowest BCUT2D eigenvalue weighted by Gasteiger charge is -2.31. The van der Waals surface area contributed by atoms with E-state index in [2.05, 4.69) is 16.0 Å². The summed E-state index contributed by atoms with van der Waals surface area (Å²) in [6, 6.07) is 5.82. The van der Waals surface area contributed by atoms with Crippen molar-refractivity contribution in [2.24, 2.45) is 0 Å². The van der Waals surface area contributed by atoms with Crippen molar-refractivity contribution in [2.45, 2.75) is 18.8 Å². The van der Waals surface area contributed by atoms with E-state index >= 15 is 0 Å². The lowest BCUT2D eigenvalue weighted by molar-refractivity contribution is 0.0690. The van der Waals surface area contributed by atoms with E-state index in [0.717, 1.165) is 37.1 Å². The average molecular weight is 298 g/mol. The Morgan fingerprint density at radius 1 is 1.27 bits per heavy atom. The first kappa shape index (κ1) is 13.5. The van der Waals surface area contributed by atoms with Crippen LogP contribution in [0, 0.1) is 0 Å². The molecule has 2 aromatic rings. The number of carboxylic acid groups (broad SMARTS) is 1. The van der Waals surface area contributed by atoms with Gasteiger partial charge in [0.25, 0.3) is 0 Å². The molecule has 1 saturated carbocycles. The molecule has 1 aromatic heterocycles. The van der Waals surface area contributed by atoms with Gasteiger partial charge < -0.3 is 14.7 Å². The molecule has 22 heavy (non-hydrogen) atoms. The van der Waals surface area contributed by atoms with Gasteiger partial charge in [-0.2, -0.15) is 0 Å². The van der Waals surface area contributed by atoms with Crippen LogP contribution in [0.25, 0.3) is 10.8 Å². The molecule has 0 atom stereocenters. The van der Waals surface area contributed by atoms with E-state index < -0.39 is 5.97 Å². The zero-order valence-corrected chi connectivity index (χ0v) is 12.3. The summed E-state index contributed by atoms with van der Waals surface area (Å²) in [5.74, 6) is -0.397. The second-order valence-corrected chi connectivity index (χ2v) is 5.97. The fourth-order valence-corrected chi connectivity index (χ4v) is 3.23. The van der Waals surface area contributed by atoms with Crippen LogP contribution in [0.5, 0.6) is 0 Å². The van der Waals surface area contributed by atoms with Gasteiger partial charge >= 0.3 is 5.97 Å². The Kier molecular flexibility index (Phi) is 3.22. The van der Waals surface area contributed by atoms with E-state index in [1.807, 2.05) is 6.07 Å². The summed E-state index contributed by atoms with van der Waals surface area (Å²) >= 11 is 0. The summed E-state index contributed by atoms with van der Waals surface area (Å²) in [5.41, 5.74) is 2.71. The number of benzene rings is 1. The molecule has 5 nitrogen and oxygen atoms in total. The number of fused-ring (bicyclic) bond motifs is 1. The molecule has 1 saturated heterocycles. The van der Waals surface area contributed by atoms with E-state index in [1.165, 1.54) is 24.1 Å². The molecule has 1 N–H and O–H groups in total. The van der Waals surface area contributed by atoms with Crippen molar-refractivity contribution in [3.05, 3.63) is 35.7 Å². The van der Waals surface area contributed by atoms with E-state index in [0.29, 0.717) is 5.92 Å². The van der Waals surface area contributed by atoms with Crippen LogP contribution in [0.15, 0.2) is 24.4 Å². The second-order valence-electron chi connectivity index (χ2n) is 5.97. The molecule has 0 unspecified atom stereocenters. The molecule has 0 spiro atoms. The number of rotatable bonds is 3. The van der Waals surface area contributed by atoms with E-state index in [4.69, 9.17) is 9.84 Å². The van der Waals surface area contributed by atoms with Gasteiger partial charge in [-0.15, -0.1) is 0 Å². The van der Waals surface area contributed by atoms with Gasteiger partial charge in [0, 0.05) is 30.4 Å². The third-order valence-corrected chi connectivity index (χ3v) is 4.48. The molecule has 0 amide bonds. The summed E-state index contributed by atoms with van der Waals surface area (Å²) in [6.07, 6.45) is 4.14. The summed E-state index contributed by atoms with van der Waals surface area (Å²) in [7, 11) is 0. The summed E-state index contributed by atoms with van der Waals surface area (Å²) < 4.78 is 5.45. The van der Waals surface area contributed by atoms with Gasteiger partial charge in [0.2, 0.25) is 0 Å². The molecule has 1 aliphatic heterocycles. The number of hydrogen-bond donors (Lipinski definition) is 1. The van der Waals surface area contributed by atoms with E-state index in [-0.39, 0.29) is 5.69 Å². The van der Waals surface area contributed by atoms with Gasteiger partial charge in [-0.1, -0.05) is 6.07 Å². The average Bonchev–Trinajstić information content (AvgIpc) is 3.38. The van der Waals surface area contributed by atoms with Gasteiger partial charge in [-0.05, 0) is 41.8 Å². The molecule has 2 heterocycles. The van der Waals surface area contributed by atoms with Crippen LogP contribution in [0.4, 0.5) is 5.69 Å². The van der Waals surface area contributed by atoms with Crippen LogP contribution in [0.1, 0.15) is 34.8 Å². The minimum atomic E-state index is -0.980. The monoisotopic (exact) mass is 298 g/mol. The Bertz CT molecular complexity index is 734. The van der Waals surface area contributed by atoms with E-state index in [9.17, 15) is 4.79 Å². The quantitative estimate of drug-likeness (QED) is 0.944. The molecule has 114 valence electrons. The zero-order valence-electron chi connectivity index (χ0n) is 12.3. The van der Waals surface area contributed by atoms with Crippen molar-refractivity contribution in [3.8, 4) is 0 Å². The zero-order chi connectivity index (χ0) is 15.1. The first-order valence-corrected chi connectivity index (χ1v) is 7.72. The van der Waals surface area contributed by atoms with Crippen molar-refractivity contribution >= 4 is 22.4 Å². The minimum absolute atomic E-state index is 0.105. The highest BCUT2D eigenvalue weighted by molar-refractivity contribution is 5.95. The number of hydrogen-bond acceptors (Lipinski definition) is 4. The molecular formula is C17H18N2O3. The fraction of sp³-hybridized carbons (Fsp3) is 0.412. The topological polar surface area (TPSA) is 62.7 Å². The van der Waals surface area contributed by atoms with Crippen molar-refractivity contribution in [2.75, 3.05) is 31.2 Å². The minimum Gasteiger partial charge on any atom is -0.477 e. The first-order chi connectivity index (χ1) is 10.7. The van der Waals surface area contributed by atoms with Crippen molar-refractivity contribution < 1.29 is 14.6 Å². The molecule has 5 heteroatoms. The van der Waals surface area contributed by atoms with Crippen LogP contribution in [-0.4, -0.2) is 42.4 Å². The number of carboxylic acids is 1. The lowest BCUT2D eigenvalue weighted by Crippen LogP contribution is -2.36. The molecule has 0 bridgehead atoms. The normalized spacial score (nSPS) is 18.6. The predicted molar refractivity (Wildman–Crippen MR) is 83.7 cm³/mol. The van der Waals surface area contributed by atoms with Crippen molar-refractivity contribution in [1.29, 1.82) is 0 Å². The number of pyridine rings is 1. The maximum Gasteiger partial charge on any atom is 0.354 e. The van der Waals surface area contributed by atoms with Crippen molar-refractivity contribution in [1.82, 2.24) is 4.98 Å². The number of carbonyl (C=O) groups is 1. The largest absolute Gasteiger partial charge is 0.477 e. The standard InChI is InChI=1S/C17H18N2O3/c20-17(21)14-9-12-3-4-15(19-5-7-22-8-6-19)16(11-1-2-11)13(12)10-18-14/h3-4,9-11H,1-2,5-8H2,(H,20,21). The third-order valence-electron chi connectivity index (χ3n) is 4.48. The smallest absolute Gasteiger partial charge is 0.354 e. The second kappa shape index (κ2) is 5.25. The van der Waals surface area contributed by atoms with Gasteiger partial charge in [0.1, 0.15) is 5.69 Å². The molecular weight excluding hydrogens is 280 g/mol. The SMILES string of the molecule is O=C(O)c1cc2ccc(N3CCOCC3)c(C3CC3)c2cn1. The number of anilines is 1. The highest BCUT2D eigenvalue weighted by atomic mass is 16.5. The van der Waals surface area contributed by atoms with Crippen LogP contribution < -0.4 is 4.90 Å². The van der Waals surface area contributed by atoms with E-state index in [1.54, 1.807) is 12.3 Å². The molecule has 0 radical (unpaired) electrons. The Labute approximate surface area is 128 Å². The number of morpholine rings is 1.